The molecule has 1 aliphatic heterocycles. The third-order valence-electron chi connectivity index (χ3n) is 3.83. The van der Waals surface area contributed by atoms with Crippen LogP contribution in [0.1, 0.15) is 40.5 Å². The molecule has 1 unspecified atom stereocenters. The molecule has 1 saturated heterocycles. The molecule has 0 aromatic heterocycles. The molecule has 0 aromatic carbocycles. The van der Waals surface area contributed by atoms with E-state index in [9.17, 15) is 9.59 Å². The van der Waals surface area contributed by atoms with Gasteiger partial charge in [0, 0.05) is 17.4 Å². The third-order valence-corrected chi connectivity index (χ3v) is 3.83. The standard InChI is InChI=1S/C17H28O6/c1-6-13(14-10-22-17(4,5)23-11-14)9-21-15(18)7-8-20-16(19)12(2)3/h13-14H,2,6-11H2,1,3-5H3. The van der Waals surface area contributed by atoms with Crippen LogP contribution in [-0.4, -0.2) is 44.2 Å². The summed E-state index contributed by atoms with van der Waals surface area (Å²) in [7, 11) is 0. The minimum Gasteiger partial charge on any atom is -0.465 e. The second kappa shape index (κ2) is 9.03. The van der Waals surface area contributed by atoms with E-state index in [1.165, 1.54) is 0 Å². The molecule has 0 radical (unpaired) electrons. The van der Waals surface area contributed by atoms with E-state index in [0.717, 1.165) is 6.42 Å². The zero-order chi connectivity index (χ0) is 17.5. The topological polar surface area (TPSA) is 71.1 Å². The summed E-state index contributed by atoms with van der Waals surface area (Å²) in [5.41, 5.74) is 0.310. The lowest BCUT2D eigenvalue weighted by Crippen LogP contribution is -2.42. The van der Waals surface area contributed by atoms with E-state index in [4.69, 9.17) is 18.9 Å². The van der Waals surface area contributed by atoms with E-state index >= 15 is 0 Å². The van der Waals surface area contributed by atoms with E-state index in [0.29, 0.717) is 25.4 Å². The minimum absolute atomic E-state index is 0.00512. The molecule has 0 bridgehead atoms. The zero-order valence-electron chi connectivity index (χ0n) is 14.6. The van der Waals surface area contributed by atoms with Crippen molar-refractivity contribution >= 4 is 11.9 Å². The summed E-state index contributed by atoms with van der Waals surface area (Å²) in [6.45, 7) is 12.4. The van der Waals surface area contributed by atoms with Gasteiger partial charge in [0.1, 0.15) is 6.61 Å². The van der Waals surface area contributed by atoms with Gasteiger partial charge in [-0.2, -0.15) is 0 Å². The monoisotopic (exact) mass is 328 g/mol. The largest absolute Gasteiger partial charge is 0.465 e. The molecule has 0 aliphatic carbocycles. The molecular formula is C17H28O6. The maximum Gasteiger partial charge on any atom is 0.333 e. The molecule has 0 N–H and O–H groups in total. The highest BCUT2D eigenvalue weighted by Crippen LogP contribution is 2.27. The van der Waals surface area contributed by atoms with Crippen molar-refractivity contribution in [1.82, 2.24) is 0 Å². The number of esters is 2. The van der Waals surface area contributed by atoms with Crippen molar-refractivity contribution < 1.29 is 28.5 Å². The Balaban J connectivity index is 2.27. The van der Waals surface area contributed by atoms with Crippen LogP contribution in [0, 0.1) is 11.8 Å². The van der Waals surface area contributed by atoms with E-state index in [1.54, 1.807) is 6.92 Å². The summed E-state index contributed by atoms with van der Waals surface area (Å²) in [6.07, 6.45) is 0.913. The molecule has 0 aromatic rings. The Labute approximate surface area is 138 Å². The van der Waals surface area contributed by atoms with Gasteiger partial charge in [-0.1, -0.05) is 13.5 Å². The van der Waals surface area contributed by atoms with Crippen LogP contribution in [0.4, 0.5) is 0 Å². The van der Waals surface area contributed by atoms with Gasteiger partial charge in [-0.15, -0.1) is 0 Å². The lowest BCUT2D eigenvalue weighted by atomic mass is 9.91. The van der Waals surface area contributed by atoms with Gasteiger partial charge in [-0.05, 0) is 27.2 Å². The van der Waals surface area contributed by atoms with Crippen LogP contribution in [0.2, 0.25) is 0 Å². The molecule has 1 heterocycles. The lowest BCUT2D eigenvalue weighted by molar-refractivity contribution is -0.269. The Morgan fingerprint density at radius 3 is 2.39 bits per heavy atom. The van der Waals surface area contributed by atoms with Gasteiger partial charge >= 0.3 is 11.9 Å². The van der Waals surface area contributed by atoms with Crippen molar-refractivity contribution in [2.45, 2.75) is 46.3 Å². The summed E-state index contributed by atoms with van der Waals surface area (Å²) in [5, 5.41) is 0. The highest BCUT2D eigenvalue weighted by Gasteiger charge is 2.32. The Morgan fingerprint density at radius 1 is 1.26 bits per heavy atom. The van der Waals surface area contributed by atoms with Gasteiger partial charge in [0.2, 0.25) is 0 Å². The van der Waals surface area contributed by atoms with Crippen LogP contribution in [-0.2, 0) is 28.5 Å². The molecule has 0 saturated carbocycles. The highest BCUT2D eigenvalue weighted by molar-refractivity contribution is 5.87. The first-order valence-electron chi connectivity index (χ1n) is 8.01. The number of hydrogen-bond acceptors (Lipinski definition) is 6. The second-order valence-corrected chi connectivity index (χ2v) is 6.30. The van der Waals surface area contributed by atoms with Crippen LogP contribution in [0.25, 0.3) is 0 Å². The molecule has 1 fully saturated rings. The number of rotatable bonds is 8. The zero-order valence-corrected chi connectivity index (χ0v) is 14.6. The second-order valence-electron chi connectivity index (χ2n) is 6.30. The first-order valence-corrected chi connectivity index (χ1v) is 8.01. The molecule has 23 heavy (non-hydrogen) atoms. The summed E-state index contributed by atoms with van der Waals surface area (Å²) >= 11 is 0. The van der Waals surface area contributed by atoms with Crippen molar-refractivity contribution in [2.24, 2.45) is 11.8 Å². The predicted octanol–water partition coefficient (Wildman–Crippen LogP) is 2.46. The number of hydrogen-bond donors (Lipinski definition) is 0. The normalized spacial score (nSPS) is 19.0. The maximum atomic E-state index is 11.7. The highest BCUT2D eigenvalue weighted by atomic mass is 16.7. The van der Waals surface area contributed by atoms with Crippen LogP contribution < -0.4 is 0 Å². The fourth-order valence-electron chi connectivity index (χ4n) is 2.19. The average Bonchev–Trinajstić information content (AvgIpc) is 2.48. The Hall–Kier alpha value is -1.40. The fraction of sp³-hybridized carbons (Fsp3) is 0.765. The quantitative estimate of drug-likeness (QED) is 0.503. The lowest BCUT2D eigenvalue weighted by Gasteiger charge is -2.37. The minimum atomic E-state index is -0.543. The molecule has 1 rings (SSSR count). The summed E-state index contributed by atoms with van der Waals surface area (Å²) in [5.74, 6) is -1.02. The van der Waals surface area contributed by atoms with Gasteiger partial charge < -0.3 is 18.9 Å². The molecule has 6 heteroatoms. The van der Waals surface area contributed by atoms with Crippen molar-refractivity contribution in [2.75, 3.05) is 26.4 Å². The van der Waals surface area contributed by atoms with E-state index < -0.39 is 11.8 Å². The van der Waals surface area contributed by atoms with Crippen molar-refractivity contribution in [3.05, 3.63) is 12.2 Å². The van der Waals surface area contributed by atoms with E-state index in [-0.39, 0.29) is 30.8 Å². The smallest absolute Gasteiger partial charge is 0.333 e. The van der Waals surface area contributed by atoms with Crippen LogP contribution in [0.5, 0.6) is 0 Å². The van der Waals surface area contributed by atoms with Gasteiger partial charge in [-0.3, -0.25) is 4.79 Å². The average molecular weight is 328 g/mol. The van der Waals surface area contributed by atoms with Gasteiger partial charge in [0.15, 0.2) is 5.79 Å². The van der Waals surface area contributed by atoms with Gasteiger partial charge in [-0.25, -0.2) is 4.79 Å². The molecule has 132 valence electrons. The van der Waals surface area contributed by atoms with Crippen molar-refractivity contribution in [3.8, 4) is 0 Å². The van der Waals surface area contributed by atoms with Crippen LogP contribution in [0.3, 0.4) is 0 Å². The molecule has 0 spiro atoms. The van der Waals surface area contributed by atoms with Gasteiger partial charge in [0.05, 0.1) is 26.2 Å². The van der Waals surface area contributed by atoms with Gasteiger partial charge in [0.25, 0.3) is 0 Å². The molecule has 0 amide bonds. The number of carbonyl (C=O) groups is 2. The predicted molar refractivity (Wildman–Crippen MR) is 84.6 cm³/mol. The first kappa shape index (κ1) is 19.6. The fourth-order valence-corrected chi connectivity index (χ4v) is 2.19. The Morgan fingerprint density at radius 2 is 1.87 bits per heavy atom. The van der Waals surface area contributed by atoms with Crippen molar-refractivity contribution in [3.63, 3.8) is 0 Å². The molecule has 1 atom stereocenters. The Kier molecular flexibility index (Phi) is 7.72. The van der Waals surface area contributed by atoms with E-state index in [2.05, 4.69) is 6.58 Å². The summed E-state index contributed by atoms with van der Waals surface area (Å²) in [6, 6.07) is 0. The molecular weight excluding hydrogens is 300 g/mol. The summed E-state index contributed by atoms with van der Waals surface area (Å²) in [4.78, 5) is 22.9. The Bertz CT molecular complexity index is 419. The number of carbonyl (C=O) groups excluding carboxylic acids is 2. The molecule has 6 nitrogen and oxygen atoms in total. The number of ether oxygens (including phenoxy) is 4. The SMILES string of the molecule is C=C(C)C(=O)OCCC(=O)OCC(CC)C1COC(C)(C)OC1. The van der Waals surface area contributed by atoms with Crippen LogP contribution in [0.15, 0.2) is 12.2 Å². The van der Waals surface area contributed by atoms with Crippen molar-refractivity contribution in [1.29, 1.82) is 0 Å². The maximum absolute atomic E-state index is 11.7. The van der Waals surface area contributed by atoms with E-state index in [1.807, 2.05) is 20.8 Å². The van der Waals surface area contributed by atoms with Crippen LogP contribution >= 0.6 is 0 Å². The first-order chi connectivity index (χ1) is 10.7. The third kappa shape index (κ3) is 7.14. The summed E-state index contributed by atoms with van der Waals surface area (Å²) < 4.78 is 21.5. The molecule has 1 aliphatic rings.